The first-order chi connectivity index (χ1) is 7.60. The third kappa shape index (κ3) is 3.11. The van der Waals surface area contributed by atoms with Crippen molar-refractivity contribution in [1.82, 2.24) is 5.32 Å². The molecule has 0 amide bonds. The Bertz CT molecular complexity index is 344. The number of nitrogens with one attached hydrogen (secondary N) is 1. The van der Waals surface area contributed by atoms with E-state index in [1.54, 1.807) is 0 Å². The van der Waals surface area contributed by atoms with Gasteiger partial charge < -0.3 is 15.3 Å². The maximum atomic E-state index is 9.17. The number of rotatable bonds is 5. The minimum atomic E-state index is 0.0778. The number of hydrogen-bond acceptors (Lipinski definition) is 3. The van der Waals surface area contributed by atoms with Gasteiger partial charge in [0.2, 0.25) is 0 Å². The summed E-state index contributed by atoms with van der Waals surface area (Å²) in [6.07, 6.45) is 0. The van der Waals surface area contributed by atoms with Crippen molar-refractivity contribution in [3.8, 4) is 0 Å². The van der Waals surface area contributed by atoms with E-state index in [9.17, 15) is 0 Å². The molecule has 0 aliphatic rings. The third-order valence-corrected chi connectivity index (χ3v) is 2.96. The highest BCUT2D eigenvalue weighted by Crippen LogP contribution is 2.25. The number of nitrogens with zero attached hydrogens (tertiary/aromatic N) is 1. The largest absolute Gasteiger partial charge is 0.394 e. The molecule has 3 nitrogen and oxygen atoms in total. The number of aliphatic hydroxyl groups is 1. The van der Waals surface area contributed by atoms with Gasteiger partial charge in [0.15, 0.2) is 0 Å². The van der Waals surface area contributed by atoms with Crippen molar-refractivity contribution in [3.05, 3.63) is 28.8 Å². The fourth-order valence-electron chi connectivity index (χ4n) is 1.57. The average molecular weight is 243 g/mol. The summed E-state index contributed by atoms with van der Waals surface area (Å²) < 4.78 is 0. The van der Waals surface area contributed by atoms with Crippen LogP contribution in [0.5, 0.6) is 0 Å². The summed E-state index contributed by atoms with van der Waals surface area (Å²) in [6.45, 7) is 2.89. The van der Waals surface area contributed by atoms with E-state index >= 15 is 0 Å². The monoisotopic (exact) mass is 242 g/mol. The highest BCUT2D eigenvalue weighted by molar-refractivity contribution is 6.30. The maximum Gasteiger partial charge on any atom is 0.0632 e. The summed E-state index contributed by atoms with van der Waals surface area (Å²) in [6, 6.07) is 5.90. The van der Waals surface area contributed by atoms with Crippen LogP contribution in [0.15, 0.2) is 18.2 Å². The molecule has 1 aromatic rings. The van der Waals surface area contributed by atoms with Crippen LogP contribution in [0.25, 0.3) is 0 Å². The zero-order valence-corrected chi connectivity index (χ0v) is 10.8. The topological polar surface area (TPSA) is 35.5 Å². The van der Waals surface area contributed by atoms with Crippen molar-refractivity contribution >= 4 is 17.3 Å². The van der Waals surface area contributed by atoms with Gasteiger partial charge in [0, 0.05) is 30.3 Å². The van der Waals surface area contributed by atoms with Crippen molar-refractivity contribution in [2.24, 2.45) is 0 Å². The summed E-state index contributed by atoms with van der Waals surface area (Å²) in [7, 11) is 3.87. The van der Waals surface area contributed by atoms with Crippen LogP contribution >= 0.6 is 11.6 Å². The number of hydrogen-bond donors (Lipinski definition) is 2. The maximum absolute atomic E-state index is 9.17. The predicted octanol–water partition coefficient (Wildman–Crippen LogP) is 1.88. The van der Waals surface area contributed by atoms with Crippen LogP contribution in [-0.2, 0) is 6.54 Å². The Morgan fingerprint density at radius 3 is 2.75 bits per heavy atom. The molecule has 1 rings (SSSR count). The van der Waals surface area contributed by atoms with Crippen LogP contribution in [0.4, 0.5) is 5.69 Å². The highest BCUT2D eigenvalue weighted by atomic mass is 35.5. The second kappa shape index (κ2) is 6.09. The van der Waals surface area contributed by atoms with Crippen LogP contribution in [0.2, 0.25) is 5.02 Å². The number of likely N-dealkylation sites (N-methyl/N-ethyl adjacent to an activating group) is 1. The summed E-state index contributed by atoms with van der Waals surface area (Å²) in [5.41, 5.74) is 2.23. The lowest BCUT2D eigenvalue weighted by Crippen LogP contribution is -2.32. The van der Waals surface area contributed by atoms with E-state index in [4.69, 9.17) is 16.7 Å². The summed E-state index contributed by atoms with van der Waals surface area (Å²) in [4.78, 5) is 2.04. The number of aliphatic hydroxyl groups excluding tert-OH is 1. The molecule has 4 heteroatoms. The second-order valence-corrected chi connectivity index (χ2v) is 4.38. The van der Waals surface area contributed by atoms with Gasteiger partial charge in [0.05, 0.1) is 6.61 Å². The molecule has 1 aromatic carbocycles. The molecule has 16 heavy (non-hydrogen) atoms. The average Bonchev–Trinajstić information content (AvgIpc) is 2.29. The fourth-order valence-corrected chi connectivity index (χ4v) is 1.73. The molecule has 0 aromatic heterocycles. The lowest BCUT2D eigenvalue weighted by molar-refractivity contribution is 0.270. The first kappa shape index (κ1) is 13.3. The Balaban J connectivity index is 3.03. The molecule has 0 aliphatic carbocycles. The predicted molar refractivity (Wildman–Crippen MR) is 69.2 cm³/mol. The van der Waals surface area contributed by atoms with Gasteiger partial charge in [-0.1, -0.05) is 17.7 Å². The van der Waals surface area contributed by atoms with E-state index in [1.807, 2.05) is 44.1 Å². The van der Waals surface area contributed by atoms with E-state index in [-0.39, 0.29) is 12.6 Å². The SMILES string of the molecule is CNCc1ccc(Cl)cc1N(C)C(C)CO. The van der Waals surface area contributed by atoms with Gasteiger partial charge in [0.1, 0.15) is 0 Å². The molecule has 0 saturated carbocycles. The summed E-state index contributed by atoms with van der Waals surface area (Å²) in [5, 5.41) is 13.0. The minimum absolute atomic E-state index is 0.0778. The molecule has 0 radical (unpaired) electrons. The van der Waals surface area contributed by atoms with Crippen molar-refractivity contribution in [2.75, 3.05) is 25.6 Å². The van der Waals surface area contributed by atoms with Crippen LogP contribution < -0.4 is 10.2 Å². The molecular weight excluding hydrogens is 224 g/mol. The van der Waals surface area contributed by atoms with Crippen molar-refractivity contribution in [3.63, 3.8) is 0 Å². The molecule has 0 fully saturated rings. The number of halogens is 1. The standard InChI is InChI=1S/C12H19ClN2O/c1-9(8-16)15(3)12-6-11(13)5-4-10(12)7-14-2/h4-6,9,14,16H,7-8H2,1-3H3. The van der Waals surface area contributed by atoms with Crippen molar-refractivity contribution in [1.29, 1.82) is 0 Å². The van der Waals surface area contributed by atoms with Crippen LogP contribution in [0, 0.1) is 0 Å². The van der Waals surface area contributed by atoms with E-state index in [0.717, 1.165) is 12.2 Å². The normalized spacial score (nSPS) is 12.6. The Kier molecular flexibility index (Phi) is 5.06. The summed E-state index contributed by atoms with van der Waals surface area (Å²) in [5.74, 6) is 0. The quantitative estimate of drug-likeness (QED) is 0.828. The molecule has 0 aliphatic heterocycles. The van der Waals surface area contributed by atoms with Crippen molar-refractivity contribution < 1.29 is 5.11 Å². The lowest BCUT2D eigenvalue weighted by Gasteiger charge is -2.28. The van der Waals surface area contributed by atoms with Crippen LogP contribution in [0.1, 0.15) is 12.5 Å². The lowest BCUT2D eigenvalue weighted by atomic mass is 10.1. The van der Waals surface area contributed by atoms with E-state index in [1.165, 1.54) is 5.56 Å². The smallest absolute Gasteiger partial charge is 0.0632 e. The van der Waals surface area contributed by atoms with Gasteiger partial charge in [-0.3, -0.25) is 0 Å². The third-order valence-electron chi connectivity index (χ3n) is 2.72. The highest BCUT2D eigenvalue weighted by Gasteiger charge is 2.12. The van der Waals surface area contributed by atoms with Crippen LogP contribution in [-0.4, -0.2) is 31.9 Å². The Labute approximate surface area is 102 Å². The zero-order chi connectivity index (χ0) is 12.1. The van der Waals surface area contributed by atoms with Gasteiger partial charge in [0.25, 0.3) is 0 Å². The number of anilines is 1. The van der Waals surface area contributed by atoms with E-state index in [0.29, 0.717) is 5.02 Å². The minimum Gasteiger partial charge on any atom is -0.394 e. The first-order valence-electron chi connectivity index (χ1n) is 5.36. The Morgan fingerprint density at radius 1 is 1.50 bits per heavy atom. The molecule has 0 spiro atoms. The van der Waals surface area contributed by atoms with Crippen LogP contribution in [0.3, 0.4) is 0 Å². The molecule has 0 heterocycles. The van der Waals surface area contributed by atoms with Crippen molar-refractivity contribution in [2.45, 2.75) is 19.5 Å². The zero-order valence-electron chi connectivity index (χ0n) is 10.00. The number of benzene rings is 1. The van der Waals surface area contributed by atoms with E-state index < -0.39 is 0 Å². The van der Waals surface area contributed by atoms with Gasteiger partial charge >= 0.3 is 0 Å². The molecular formula is C12H19ClN2O. The Morgan fingerprint density at radius 2 is 2.19 bits per heavy atom. The summed E-state index contributed by atoms with van der Waals surface area (Å²) >= 11 is 6.00. The Hall–Kier alpha value is -0.770. The van der Waals surface area contributed by atoms with Gasteiger partial charge in [-0.05, 0) is 31.7 Å². The molecule has 90 valence electrons. The molecule has 1 unspecified atom stereocenters. The second-order valence-electron chi connectivity index (χ2n) is 3.95. The molecule has 2 N–H and O–H groups in total. The molecule has 0 saturated heterocycles. The first-order valence-corrected chi connectivity index (χ1v) is 5.74. The molecule has 0 bridgehead atoms. The van der Waals surface area contributed by atoms with Gasteiger partial charge in [-0.25, -0.2) is 0 Å². The fraction of sp³-hybridized carbons (Fsp3) is 0.500. The molecule has 1 atom stereocenters. The van der Waals surface area contributed by atoms with E-state index in [2.05, 4.69) is 5.32 Å². The van der Waals surface area contributed by atoms with Gasteiger partial charge in [-0.2, -0.15) is 0 Å². The van der Waals surface area contributed by atoms with Gasteiger partial charge in [-0.15, -0.1) is 0 Å².